The van der Waals surface area contributed by atoms with Crippen molar-refractivity contribution >= 4 is 5.91 Å². The first-order valence-corrected chi connectivity index (χ1v) is 8.56. The van der Waals surface area contributed by atoms with Crippen LogP contribution in [0.2, 0.25) is 0 Å². The van der Waals surface area contributed by atoms with Crippen LogP contribution in [0.15, 0.2) is 24.3 Å². The minimum Gasteiger partial charge on any atom is -0.497 e. The lowest BCUT2D eigenvalue weighted by molar-refractivity contribution is -0.0720. The van der Waals surface area contributed by atoms with Gasteiger partial charge in [-0.2, -0.15) is 0 Å². The van der Waals surface area contributed by atoms with Crippen LogP contribution in [0.25, 0.3) is 0 Å². The van der Waals surface area contributed by atoms with Crippen molar-refractivity contribution in [3.63, 3.8) is 0 Å². The molecular weight excluding hydrogens is 330 g/mol. The van der Waals surface area contributed by atoms with Crippen LogP contribution in [0.1, 0.15) is 29.6 Å². The Hall–Kier alpha value is -1.73. The van der Waals surface area contributed by atoms with Gasteiger partial charge in [0.05, 0.1) is 19.3 Å². The summed E-state index contributed by atoms with van der Waals surface area (Å²) in [5, 5.41) is 10.8. The number of alkyl halides is 2. The summed E-state index contributed by atoms with van der Waals surface area (Å²) in [7, 11) is 1.56. The van der Waals surface area contributed by atoms with Gasteiger partial charge in [0.15, 0.2) is 0 Å². The standard InChI is InChI=1S/C18H24F2N2O3/c1-25-15-4-2-14(3-5-15)16(23)22-11-6-17(24,13-22)12-21-9-7-18(19,20)8-10-21/h2-5,24H,6-13H2,1H3/t17-/m1/s1. The van der Waals surface area contributed by atoms with Crippen molar-refractivity contribution in [1.29, 1.82) is 0 Å². The van der Waals surface area contributed by atoms with E-state index in [4.69, 9.17) is 4.74 Å². The van der Waals surface area contributed by atoms with Crippen molar-refractivity contribution in [2.75, 3.05) is 39.8 Å². The zero-order chi connectivity index (χ0) is 18.1. The Morgan fingerprint density at radius 2 is 1.80 bits per heavy atom. The molecule has 1 amide bonds. The fraction of sp³-hybridized carbons (Fsp3) is 0.611. The number of methoxy groups -OCH3 is 1. The Morgan fingerprint density at radius 1 is 1.16 bits per heavy atom. The molecule has 0 spiro atoms. The maximum Gasteiger partial charge on any atom is 0.253 e. The van der Waals surface area contributed by atoms with Gasteiger partial charge in [-0.25, -0.2) is 8.78 Å². The van der Waals surface area contributed by atoms with E-state index in [1.807, 2.05) is 4.90 Å². The number of hydrogen-bond donors (Lipinski definition) is 1. The fourth-order valence-electron chi connectivity index (χ4n) is 3.53. The average molecular weight is 354 g/mol. The first-order valence-electron chi connectivity index (χ1n) is 8.56. The summed E-state index contributed by atoms with van der Waals surface area (Å²) in [4.78, 5) is 16.1. The van der Waals surface area contributed by atoms with E-state index in [0.29, 0.717) is 30.8 Å². The van der Waals surface area contributed by atoms with E-state index in [-0.39, 0.29) is 38.4 Å². The molecule has 1 aromatic carbocycles. The zero-order valence-corrected chi connectivity index (χ0v) is 14.4. The number of ether oxygens (including phenoxy) is 1. The molecule has 2 saturated heterocycles. The molecule has 1 N–H and O–H groups in total. The highest BCUT2D eigenvalue weighted by molar-refractivity contribution is 5.94. The van der Waals surface area contributed by atoms with Crippen LogP contribution in [-0.4, -0.2) is 72.2 Å². The number of amides is 1. The Morgan fingerprint density at radius 3 is 2.40 bits per heavy atom. The number of likely N-dealkylation sites (tertiary alicyclic amines) is 2. The summed E-state index contributed by atoms with van der Waals surface area (Å²) in [5.41, 5.74) is -0.489. The predicted octanol–water partition coefficient (Wildman–Crippen LogP) is 2.00. The van der Waals surface area contributed by atoms with Crippen LogP contribution >= 0.6 is 0 Å². The van der Waals surface area contributed by atoms with Crippen LogP contribution in [-0.2, 0) is 0 Å². The second-order valence-corrected chi connectivity index (χ2v) is 7.06. The molecule has 2 fully saturated rings. The topological polar surface area (TPSA) is 53.0 Å². The highest BCUT2D eigenvalue weighted by Gasteiger charge is 2.42. The first kappa shape index (κ1) is 18.1. The molecule has 3 rings (SSSR count). The second-order valence-electron chi connectivity index (χ2n) is 7.06. The van der Waals surface area contributed by atoms with Gasteiger partial charge in [0.1, 0.15) is 5.75 Å². The average Bonchev–Trinajstić information content (AvgIpc) is 2.98. The summed E-state index contributed by atoms with van der Waals surface area (Å²) >= 11 is 0. The van der Waals surface area contributed by atoms with Gasteiger partial charge in [-0.15, -0.1) is 0 Å². The van der Waals surface area contributed by atoms with Gasteiger partial charge in [0.25, 0.3) is 11.8 Å². The Bertz CT molecular complexity index is 613. The number of aliphatic hydroxyl groups is 1. The van der Waals surface area contributed by atoms with Crippen molar-refractivity contribution in [1.82, 2.24) is 9.80 Å². The number of benzene rings is 1. The van der Waals surface area contributed by atoms with E-state index in [2.05, 4.69) is 0 Å². The van der Waals surface area contributed by atoms with E-state index in [9.17, 15) is 18.7 Å². The smallest absolute Gasteiger partial charge is 0.253 e. The largest absolute Gasteiger partial charge is 0.497 e. The Labute approximate surface area is 146 Å². The third-order valence-electron chi connectivity index (χ3n) is 5.06. The first-order chi connectivity index (χ1) is 11.8. The van der Waals surface area contributed by atoms with Gasteiger partial charge in [0, 0.05) is 44.6 Å². The highest BCUT2D eigenvalue weighted by atomic mass is 19.3. The lowest BCUT2D eigenvalue weighted by atomic mass is 10.00. The van der Waals surface area contributed by atoms with Crippen LogP contribution in [0, 0.1) is 0 Å². The van der Waals surface area contributed by atoms with E-state index >= 15 is 0 Å². The molecule has 138 valence electrons. The lowest BCUT2D eigenvalue weighted by Crippen LogP contribution is -2.49. The molecule has 0 aliphatic carbocycles. The number of piperidine rings is 1. The van der Waals surface area contributed by atoms with E-state index in [1.54, 1.807) is 36.3 Å². The predicted molar refractivity (Wildman–Crippen MR) is 89.1 cm³/mol. The van der Waals surface area contributed by atoms with Crippen molar-refractivity contribution in [2.45, 2.75) is 30.8 Å². The molecule has 0 saturated carbocycles. The number of β-amino-alcohol motifs (C(OH)–C–C–N with tert-alkyl or cyclic N) is 1. The van der Waals surface area contributed by atoms with Crippen molar-refractivity contribution in [2.24, 2.45) is 0 Å². The lowest BCUT2D eigenvalue weighted by Gasteiger charge is -2.36. The fourth-order valence-corrected chi connectivity index (χ4v) is 3.53. The summed E-state index contributed by atoms with van der Waals surface area (Å²) in [6, 6.07) is 6.85. The summed E-state index contributed by atoms with van der Waals surface area (Å²) in [5.74, 6) is -2.05. The number of nitrogens with zero attached hydrogens (tertiary/aromatic N) is 2. The number of rotatable bonds is 4. The van der Waals surface area contributed by atoms with Gasteiger partial charge >= 0.3 is 0 Å². The van der Waals surface area contributed by atoms with Gasteiger partial charge < -0.3 is 14.7 Å². The minimum atomic E-state index is -2.59. The molecule has 2 aliphatic rings. The number of hydrogen-bond acceptors (Lipinski definition) is 4. The quantitative estimate of drug-likeness (QED) is 0.899. The molecule has 0 aromatic heterocycles. The Balaban J connectivity index is 1.57. The molecule has 2 aliphatic heterocycles. The van der Waals surface area contributed by atoms with E-state index in [1.165, 1.54) is 0 Å². The van der Waals surface area contributed by atoms with Crippen LogP contribution in [0.5, 0.6) is 5.75 Å². The molecule has 1 atom stereocenters. The highest BCUT2D eigenvalue weighted by Crippen LogP contribution is 2.30. The molecule has 25 heavy (non-hydrogen) atoms. The van der Waals surface area contributed by atoms with Gasteiger partial charge in [-0.3, -0.25) is 9.69 Å². The third-order valence-corrected chi connectivity index (χ3v) is 5.06. The van der Waals surface area contributed by atoms with Crippen LogP contribution in [0.4, 0.5) is 8.78 Å². The van der Waals surface area contributed by atoms with E-state index < -0.39 is 11.5 Å². The maximum atomic E-state index is 13.2. The zero-order valence-electron chi connectivity index (χ0n) is 14.4. The van der Waals surface area contributed by atoms with Gasteiger partial charge in [-0.1, -0.05) is 0 Å². The molecular formula is C18H24F2N2O3. The van der Waals surface area contributed by atoms with Gasteiger partial charge in [0.2, 0.25) is 0 Å². The van der Waals surface area contributed by atoms with E-state index in [0.717, 1.165) is 0 Å². The number of carbonyl (C=O) groups excluding carboxylic acids is 1. The molecule has 5 nitrogen and oxygen atoms in total. The van der Waals surface area contributed by atoms with Crippen LogP contribution in [0.3, 0.4) is 0 Å². The van der Waals surface area contributed by atoms with Crippen molar-refractivity contribution < 1.29 is 23.4 Å². The molecule has 0 bridgehead atoms. The second kappa shape index (κ2) is 6.88. The minimum absolute atomic E-state index is 0.135. The van der Waals surface area contributed by atoms with Crippen LogP contribution < -0.4 is 4.74 Å². The van der Waals surface area contributed by atoms with Crippen molar-refractivity contribution in [3.8, 4) is 5.75 Å². The molecule has 7 heteroatoms. The third kappa shape index (κ3) is 4.27. The molecule has 0 radical (unpaired) electrons. The summed E-state index contributed by atoms with van der Waals surface area (Å²) < 4.78 is 31.6. The number of halogens is 2. The van der Waals surface area contributed by atoms with Gasteiger partial charge in [-0.05, 0) is 30.7 Å². The SMILES string of the molecule is COc1ccc(C(=O)N2CC[C@@](O)(CN3CCC(F)(F)CC3)C2)cc1. The molecule has 1 aromatic rings. The summed E-state index contributed by atoms with van der Waals surface area (Å²) in [6.07, 6.45) is 0.122. The normalized spacial score (nSPS) is 26.6. The maximum absolute atomic E-state index is 13.2. The van der Waals surface area contributed by atoms with Crippen molar-refractivity contribution in [3.05, 3.63) is 29.8 Å². The Kier molecular flexibility index (Phi) is 4.97. The monoisotopic (exact) mass is 354 g/mol. The molecule has 2 heterocycles. The number of carbonyl (C=O) groups is 1. The molecule has 0 unspecified atom stereocenters. The summed E-state index contributed by atoms with van der Waals surface area (Å²) in [6.45, 7) is 1.58.